The fourth-order valence-electron chi connectivity index (χ4n) is 5.24. The lowest BCUT2D eigenvalue weighted by molar-refractivity contribution is 0.0937. The summed E-state index contributed by atoms with van der Waals surface area (Å²) in [7, 11) is 0. The Kier molecular flexibility index (Phi) is 12.5. The molecule has 0 aliphatic rings. The van der Waals surface area contributed by atoms with E-state index in [0.29, 0.717) is 0 Å². The van der Waals surface area contributed by atoms with Crippen LogP contribution in [0.2, 0.25) is 0 Å². The molecule has 3 N–H and O–H groups in total. The maximum atomic E-state index is 13.4. The van der Waals surface area contributed by atoms with Crippen molar-refractivity contribution in [2.45, 2.75) is 77.4 Å². The normalized spacial score (nSPS) is 12.9. The molecule has 4 aromatic carbocycles. The highest BCUT2D eigenvalue weighted by Gasteiger charge is 2.20. The average Bonchev–Trinajstić information content (AvgIpc) is 3.06. The van der Waals surface area contributed by atoms with E-state index in [9.17, 15) is 14.4 Å². The lowest BCUT2D eigenvalue weighted by Crippen LogP contribution is -2.36. The molecule has 234 valence electrons. The van der Waals surface area contributed by atoms with E-state index in [1.165, 1.54) is 16.7 Å². The highest BCUT2D eigenvalue weighted by molar-refractivity contribution is 6.04. The first-order chi connectivity index (χ1) is 21.8. The van der Waals surface area contributed by atoms with E-state index in [2.05, 4.69) is 52.3 Å². The maximum absolute atomic E-state index is 13.4. The molecule has 0 bridgehead atoms. The van der Waals surface area contributed by atoms with Crippen molar-refractivity contribution in [1.82, 2.24) is 16.0 Å². The van der Waals surface area contributed by atoms with Crippen LogP contribution in [-0.4, -0.2) is 35.8 Å². The maximum Gasteiger partial charge on any atom is 0.251 e. The highest BCUT2D eigenvalue weighted by atomic mass is 16.2. The van der Waals surface area contributed by atoms with Crippen LogP contribution in [0.3, 0.4) is 0 Å². The van der Waals surface area contributed by atoms with Crippen molar-refractivity contribution in [1.29, 1.82) is 0 Å². The molecule has 0 fully saturated rings. The summed E-state index contributed by atoms with van der Waals surface area (Å²) < 4.78 is 0. The third kappa shape index (κ3) is 11.1. The number of hydrogen-bond acceptors (Lipinski definition) is 3. The van der Waals surface area contributed by atoms with E-state index in [-0.39, 0.29) is 52.5 Å². The van der Waals surface area contributed by atoms with Crippen molar-refractivity contribution in [2.75, 3.05) is 0 Å². The zero-order chi connectivity index (χ0) is 32.0. The second kappa shape index (κ2) is 17.0. The van der Waals surface area contributed by atoms with Crippen LogP contribution in [0.4, 0.5) is 0 Å². The molecule has 0 saturated carbocycles. The predicted molar refractivity (Wildman–Crippen MR) is 182 cm³/mol. The number of aryl methyl sites for hydroxylation is 3. The minimum absolute atomic E-state index is 0.0940. The third-order valence-corrected chi connectivity index (χ3v) is 7.98. The van der Waals surface area contributed by atoms with Crippen LogP contribution in [0.15, 0.2) is 109 Å². The molecule has 3 atom stereocenters. The van der Waals surface area contributed by atoms with Gasteiger partial charge in [-0.25, -0.2) is 0 Å². The zero-order valence-electron chi connectivity index (χ0n) is 26.6. The van der Waals surface area contributed by atoms with Crippen LogP contribution < -0.4 is 16.0 Å². The molecule has 0 heterocycles. The van der Waals surface area contributed by atoms with Gasteiger partial charge in [0.2, 0.25) is 0 Å². The van der Waals surface area contributed by atoms with Crippen molar-refractivity contribution >= 4 is 17.7 Å². The van der Waals surface area contributed by atoms with Gasteiger partial charge in [0.05, 0.1) is 0 Å². The predicted octanol–water partition coefficient (Wildman–Crippen LogP) is 6.94. The first kappa shape index (κ1) is 33.2. The second-order valence-electron chi connectivity index (χ2n) is 12.0. The van der Waals surface area contributed by atoms with Crippen LogP contribution >= 0.6 is 0 Å². The highest BCUT2D eigenvalue weighted by Crippen LogP contribution is 2.15. The number of rotatable bonds is 15. The van der Waals surface area contributed by atoms with Crippen molar-refractivity contribution in [2.24, 2.45) is 0 Å². The molecule has 0 aliphatic carbocycles. The molecule has 6 nitrogen and oxygen atoms in total. The summed E-state index contributed by atoms with van der Waals surface area (Å²) in [5, 5.41) is 9.16. The Morgan fingerprint density at radius 2 is 0.689 bits per heavy atom. The molecule has 0 saturated heterocycles. The zero-order valence-corrected chi connectivity index (χ0v) is 26.6. The largest absolute Gasteiger partial charge is 0.350 e. The van der Waals surface area contributed by atoms with Crippen molar-refractivity contribution in [3.05, 3.63) is 143 Å². The lowest BCUT2D eigenvalue weighted by atomic mass is 10.0. The van der Waals surface area contributed by atoms with E-state index in [4.69, 9.17) is 0 Å². The standard InChI is InChI=1S/C39H45N3O3/c1-28(19-22-31-13-7-4-8-14-31)40-37(43)34-25-35(38(44)41-29(2)20-23-32-15-9-5-10-16-32)27-36(26-34)39(45)42-30(3)21-24-33-17-11-6-12-18-33/h4-18,25-30H,19-24H2,1-3H3,(H,40,43)(H,41,44)(H,42,45)/t28-,29-,30+/m0/s1. The summed E-state index contributed by atoms with van der Waals surface area (Å²) in [6.45, 7) is 5.90. The Morgan fingerprint density at radius 1 is 0.444 bits per heavy atom. The molecule has 0 spiro atoms. The second-order valence-corrected chi connectivity index (χ2v) is 12.0. The Hall–Kier alpha value is -4.71. The van der Waals surface area contributed by atoms with Crippen molar-refractivity contribution < 1.29 is 14.4 Å². The SMILES string of the molecule is C[C@H](CCc1ccccc1)NC(=O)c1cc(C(=O)N[C@@H](C)CCc2ccccc2)cc(C(=O)N[C@@H](C)CCc2ccccc2)c1. The van der Waals surface area contributed by atoms with Gasteiger partial charge in [0.25, 0.3) is 17.7 Å². The molecule has 45 heavy (non-hydrogen) atoms. The molecule has 0 unspecified atom stereocenters. The molecular weight excluding hydrogens is 558 g/mol. The molecule has 0 radical (unpaired) electrons. The van der Waals surface area contributed by atoms with E-state index >= 15 is 0 Å². The molecule has 0 aliphatic heterocycles. The Bertz CT molecular complexity index is 1330. The van der Waals surface area contributed by atoms with Gasteiger partial charge in [0, 0.05) is 34.8 Å². The summed E-state index contributed by atoms with van der Waals surface area (Å²) in [6, 6.07) is 34.9. The summed E-state index contributed by atoms with van der Waals surface area (Å²) in [6.07, 6.45) is 4.80. The number of benzene rings is 4. The van der Waals surface area contributed by atoms with Crippen LogP contribution in [0.1, 0.15) is 87.8 Å². The van der Waals surface area contributed by atoms with E-state index in [1.807, 2.05) is 75.4 Å². The molecule has 6 heteroatoms. The van der Waals surface area contributed by atoms with E-state index < -0.39 is 0 Å². The van der Waals surface area contributed by atoms with Crippen LogP contribution in [-0.2, 0) is 19.3 Å². The number of carbonyl (C=O) groups excluding carboxylic acids is 3. The summed E-state index contributed by atoms with van der Waals surface area (Å²) in [4.78, 5) is 40.2. The van der Waals surface area contributed by atoms with Crippen molar-refractivity contribution in [3.8, 4) is 0 Å². The smallest absolute Gasteiger partial charge is 0.251 e. The Morgan fingerprint density at radius 3 is 0.933 bits per heavy atom. The van der Waals surface area contributed by atoms with Gasteiger partial charge in [-0.2, -0.15) is 0 Å². The van der Waals surface area contributed by atoms with Gasteiger partial charge in [-0.3, -0.25) is 14.4 Å². The van der Waals surface area contributed by atoms with E-state index in [0.717, 1.165) is 38.5 Å². The van der Waals surface area contributed by atoms with Gasteiger partial charge in [0.15, 0.2) is 0 Å². The Labute approximate surface area is 267 Å². The molecule has 4 rings (SSSR count). The lowest BCUT2D eigenvalue weighted by Gasteiger charge is -2.18. The average molecular weight is 604 g/mol. The minimum Gasteiger partial charge on any atom is -0.350 e. The van der Waals surface area contributed by atoms with Crippen LogP contribution in [0, 0.1) is 0 Å². The van der Waals surface area contributed by atoms with Gasteiger partial charge in [-0.15, -0.1) is 0 Å². The fraction of sp³-hybridized carbons (Fsp3) is 0.308. The van der Waals surface area contributed by atoms with Gasteiger partial charge < -0.3 is 16.0 Å². The quantitative estimate of drug-likeness (QED) is 0.138. The minimum atomic E-state index is -0.312. The molecule has 4 aromatic rings. The topological polar surface area (TPSA) is 87.3 Å². The van der Waals surface area contributed by atoms with Crippen LogP contribution in [0.5, 0.6) is 0 Å². The monoisotopic (exact) mass is 603 g/mol. The van der Waals surface area contributed by atoms with Crippen LogP contribution in [0.25, 0.3) is 0 Å². The number of carbonyl (C=O) groups is 3. The Balaban J connectivity index is 1.45. The van der Waals surface area contributed by atoms with Gasteiger partial charge in [-0.1, -0.05) is 91.0 Å². The fourth-order valence-corrected chi connectivity index (χ4v) is 5.24. The third-order valence-electron chi connectivity index (χ3n) is 7.98. The summed E-state index contributed by atoms with van der Waals surface area (Å²) in [5.41, 5.74) is 4.48. The van der Waals surface area contributed by atoms with Gasteiger partial charge >= 0.3 is 0 Å². The number of amides is 3. The summed E-state index contributed by atoms with van der Waals surface area (Å²) in [5.74, 6) is -0.935. The van der Waals surface area contributed by atoms with E-state index in [1.54, 1.807) is 18.2 Å². The summed E-state index contributed by atoms with van der Waals surface area (Å²) >= 11 is 0. The molecule has 0 aromatic heterocycles. The van der Waals surface area contributed by atoms with Gasteiger partial charge in [0.1, 0.15) is 0 Å². The number of hydrogen-bond donors (Lipinski definition) is 3. The van der Waals surface area contributed by atoms with Crippen molar-refractivity contribution in [3.63, 3.8) is 0 Å². The molecule has 3 amide bonds. The first-order valence-corrected chi connectivity index (χ1v) is 16.0. The molecular formula is C39H45N3O3. The first-order valence-electron chi connectivity index (χ1n) is 16.0. The number of nitrogens with one attached hydrogen (secondary N) is 3. The van der Waals surface area contributed by atoms with Gasteiger partial charge in [-0.05, 0) is 94.2 Å².